The Bertz CT molecular complexity index is 1200. The first-order chi connectivity index (χ1) is 14.1. The molecule has 1 aromatic heterocycles. The molecule has 3 aromatic carbocycles. The third-order valence-electron chi connectivity index (χ3n) is 4.60. The summed E-state index contributed by atoms with van der Waals surface area (Å²) >= 11 is 0. The summed E-state index contributed by atoms with van der Waals surface area (Å²) in [6.45, 7) is 0.582. The van der Waals surface area contributed by atoms with E-state index in [-0.39, 0.29) is 17.1 Å². The highest BCUT2D eigenvalue weighted by Crippen LogP contribution is 2.21. The van der Waals surface area contributed by atoms with Gasteiger partial charge in [-0.05, 0) is 35.9 Å². The quantitative estimate of drug-likeness (QED) is 0.396. The van der Waals surface area contributed by atoms with Crippen LogP contribution in [0.4, 0.5) is 4.39 Å². The molecule has 0 aliphatic heterocycles. The molecular formula is C23H18FN3O2. The van der Waals surface area contributed by atoms with E-state index in [2.05, 4.69) is 15.1 Å². The van der Waals surface area contributed by atoms with Crippen LogP contribution in [0.5, 0.6) is 5.75 Å². The number of benzene rings is 3. The molecule has 0 atom stereocenters. The van der Waals surface area contributed by atoms with E-state index in [1.54, 1.807) is 30.5 Å². The number of halogens is 1. The number of carbonyl (C=O) groups is 1. The number of rotatable bonds is 5. The first-order valence-electron chi connectivity index (χ1n) is 9.05. The van der Waals surface area contributed by atoms with Gasteiger partial charge in [-0.15, -0.1) is 0 Å². The van der Waals surface area contributed by atoms with Crippen molar-refractivity contribution in [2.24, 2.45) is 5.10 Å². The van der Waals surface area contributed by atoms with Gasteiger partial charge in [-0.3, -0.25) is 4.79 Å². The van der Waals surface area contributed by atoms with Gasteiger partial charge in [0.05, 0.1) is 11.8 Å². The molecule has 0 bridgehead atoms. The number of hydrogen-bond acceptors (Lipinski definition) is 3. The predicted octanol–water partition coefficient (Wildman–Crippen LogP) is 4.30. The van der Waals surface area contributed by atoms with E-state index in [9.17, 15) is 14.3 Å². The second-order valence-electron chi connectivity index (χ2n) is 6.57. The summed E-state index contributed by atoms with van der Waals surface area (Å²) in [5.41, 5.74) is 5.41. The van der Waals surface area contributed by atoms with Crippen molar-refractivity contribution in [2.75, 3.05) is 0 Å². The number of aromatic hydroxyl groups is 1. The van der Waals surface area contributed by atoms with Gasteiger partial charge in [-0.1, -0.05) is 42.5 Å². The van der Waals surface area contributed by atoms with E-state index >= 15 is 0 Å². The maximum Gasteiger partial charge on any atom is 0.275 e. The third kappa shape index (κ3) is 4.01. The minimum atomic E-state index is -0.491. The number of hydrazone groups is 1. The summed E-state index contributed by atoms with van der Waals surface area (Å²) in [4.78, 5) is 12.2. The number of amides is 1. The molecule has 144 valence electrons. The van der Waals surface area contributed by atoms with E-state index in [1.807, 2.05) is 30.5 Å². The smallest absolute Gasteiger partial charge is 0.275 e. The van der Waals surface area contributed by atoms with Gasteiger partial charge in [0, 0.05) is 29.2 Å². The number of carbonyl (C=O) groups excluding carboxylic acids is 1. The standard InChI is InChI=1S/C23H18FN3O2/c24-18-11-9-16(10-12-18)14-27-15-17(19-5-1-3-7-21(19)27)13-25-26-23(29)20-6-2-4-8-22(20)28/h1-13,15,28H,14H2,(H,26,29)/b25-13+. The van der Waals surface area contributed by atoms with Crippen LogP contribution in [0.1, 0.15) is 21.5 Å². The second kappa shape index (κ2) is 7.98. The first-order valence-corrected chi connectivity index (χ1v) is 9.05. The fourth-order valence-electron chi connectivity index (χ4n) is 3.18. The van der Waals surface area contributed by atoms with Crippen LogP contribution in [0.3, 0.4) is 0 Å². The predicted molar refractivity (Wildman–Crippen MR) is 111 cm³/mol. The van der Waals surface area contributed by atoms with E-state index < -0.39 is 5.91 Å². The highest BCUT2D eigenvalue weighted by Gasteiger charge is 2.10. The normalized spacial score (nSPS) is 11.2. The number of phenols is 1. The summed E-state index contributed by atoms with van der Waals surface area (Å²) in [6, 6.07) is 20.5. The highest BCUT2D eigenvalue weighted by atomic mass is 19.1. The molecule has 1 amide bonds. The van der Waals surface area contributed by atoms with Crippen molar-refractivity contribution < 1.29 is 14.3 Å². The number of para-hydroxylation sites is 2. The highest BCUT2D eigenvalue weighted by molar-refractivity contribution is 6.01. The molecule has 0 spiro atoms. The fourth-order valence-corrected chi connectivity index (χ4v) is 3.18. The Morgan fingerprint density at radius 1 is 1.03 bits per heavy atom. The molecule has 0 aliphatic rings. The van der Waals surface area contributed by atoms with Gasteiger partial charge in [0.15, 0.2) is 0 Å². The van der Waals surface area contributed by atoms with Crippen LogP contribution < -0.4 is 5.43 Å². The van der Waals surface area contributed by atoms with Crippen molar-refractivity contribution in [3.63, 3.8) is 0 Å². The van der Waals surface area contributed by atoms with E-state index in [0.717, 1.165) is 22.0 Å². The van der Waals surface area contributed by atoms with E-state index in [1.165, 1.54) is 24.3 Å². The number of fused-ring (bicyclic) bond motifs is 1. The fraction of sp³-hybridized carbons (Fsp3) is 0.0435. The summed E-state index contributed by atoms with van der Waals surface area (Å²) < 4.78 is 15.2. The van der Waals surface area contributed by atoms with Gasteiger partial charge >= 0.3 is 0 Å². The summed E-state index contributed by atoms with van der Waals surface area (Å²) in [5.74, 6) is -0.857. The van der Waals surface area contributed by atoms with Crippen molar-refractivity contribution in [3.05, 3.63) is 102 Å². The van der Waals surface area contributed by atoms with E-state index in [4.69, 9.17) is 0 Å². The molecular weight excluding hydrogens is 369 g/mol. The summed E-state index contributed by atoms with van der Waals surface area (Å²) in [5, 5.41) is 14.8. The molecule has 2 N–H and O–H groups in total. The molecule has 0 saturated heterocycles. The average molecular weight is 387 g/mol. The van der Waals surface area contributed by atoms with Crippen LogP contribution in [-0.4, -0.2) is 21.8 Å². The van der Waals surface area contributed by atoms with Crippen LogP contribution in [0.2, 0.25) is 0 Å². The molecule has 4 aromatic rings. The molecule has 6 heteroatoms. The van der Waals surface area contributed by atoms with Crippen LogP contribution >= 0.6 is 0 Å². The van der Waals surface area contributed by atoms with Gasteiger partial charge in [-0.2, -0.15) is 5.10 Å². The van der Waals surface area contributed by atoms with Crippen LogP contribution in [0, 0.1) is 5.82 Å². The van der Waals surface area contributed by atoms with Gasteiger partial charge in [0.1, 0.15) is 11.6 Å². The second-order valence-corrected chi connectivity index (χ2v) is 6.57. The molecule has 5 nitrogen and oxygen atoms in total. The minimum Gasteiger partial charge on any atom is -0.507 e. The monoisotopic (exact) mass is 387 g/mol. The van der Waals surface area contributed by atoms with Crippen LogP contribution in [0.15, 0.2) is 84.1 Å². The van der Waals surface area contributed by atoms with Crippen LogP contribution in [-0.2, 0) is 6.54 Å². The first kappa shape index (κ1) is 18.4. The van der Waals surface area contributed by atoms with Gasteiger partial charge < -0.3 is 9.67 Å². The molecule has 4 rings (SSSR count). The Kier molecular flexibility index (Phi) is 5.07. The van der Waals surface area contributed by atoms with Crippen molar-refractivity contribution >= 4 is 23.0 Å². The van der Waals surface area contributed by atoms with Gasteiger partial charge in [-0.25, -0.2) is 9.82 Å². The lowest BCUT2D eigenvalue weighted by molar-refractivity contribution is 0.0952. The van der Waals surface area contributed by atoms with E-state index in [0.29, 0.717) is 6.54 Å². The Labute approximate surface area is 166 Å². The molecule has 0 unspecified atom stereocenters. The molecule has 0 aliphatic carbocycles. The van der Waals surface area contributed by atoms with Gasteiger partial charge in [0.25, 0.3) is 5.91 Å². The molecule has 1 heterocycles. The number of nitrogens with one attached hydrogen (secondary N) is 1. The maximum atomic E-state index is 13.2. The largest absolute Gasteiger partial charge is 0.507 e. The van der Waals surface area contributed by atoms with Crippen molar-refractivity contribution in [2.45, 2.75) is 6.54 Å². The van der Waals surface area contributed by atoms with Crippen molar-refractivity contribution in [3.8, 4) is 5.75 Å². The zero-order valence-corrected chi connectivity index (χ0v) is 15.4. The van der Waals surface area contributed by atoms with Crippen LogP contribution in [0.25, 0.3) is 10.9 Å². The Morgan fingerprint density at radius 2 is 1.76 bits per heavy atom. The third-order valence-corrected chi connectivity index (χ3v) is 4.60. The molecule has 0 radical (unpaired) electrons. The molecule has 29 heavy (non-hydrogen) atoms. The lowest BCUT2D eigenvalue weighted by atomic mass is 10.2. The average Bonchev–Trinajstić information content (AvgIpc) is 3.08. The SMILES string of the molecule is O=C(N/N=C/c1cn(Cc2ccc(F)cc2)c2ccccc12)c1ccccc1O. The summed E-state index contributed by atoms with van der Waals surface area (Å²) in [6.07, 6.45) is 3.51. The number of phenolic OH excluding ortho intramolecular Hbond substituents is 1. The molecule has 0 saturated carbocycles. The zero-order valence-electron chi connectivity index (χ0n) is 15.4. The number of nitrogens with zero attached hydrogens (tertiary/aromatic N) is 2. The zero-order chi connectivity index (χ0) is 20.2. The lowest BCUT2D eigenvalue weighted by Crippen LogP contribution is -2.17. The maximum absolute atomic E-state index is 13.2. The minimum absolute atomic E-state index is 0.101. The Morgan fingerprint density at radius 3 is 2.55 bits per heavy atom. The van der Waals surface area contributed by atoms with Crippen molar-refractivity contribution in [1.82, 2.24) is 9.99 Å². The Hall–Kier alpha value is -3.93. The number of aromatic nitrogens is 1. The lowest BCUT2D eigenvalue weighted by Gasteiger charge is -2.05. The molecule has 0 fully saturated rings. The van der Waals surface area contributed by atoms with Gasteiger partial charge in [0.2, 0.25) is 0 Å². The summed E-state index contributed by atoms with van der Waals surface area (Å²) in [7, 11) is 0. The van der Waals surface area contributed by atoms with Crippen molar-refractivity contribution in [1.29, 1.82) is 0 Å². The topological polar surface area (TPSA) is 66.6 Å². The Balaban J connectivity index is 1.57. The number of hydrogen-bond donors (Lipinski definition) is 2.